The summed E-state index contributed by atoms with van der Waals surface area (Å²) in [5, 5.41) is 2.75. The Hall–Kier alpha value is -3.06. The average molecular weight is 446 g/mol. The number of carbonyl (C=O) groups is 2. The lowest BCUT2D eigenvalue weighted by molar-refractivity contribution is -0.125. The molecule has 1 aromatic carbocycles. The molecule has 2 aromatic rings. The summed E-state index contributed by atoms with van der Waals surface area (Å²) in [4.78, 5) is 30.0. The number of fused-ring (bicyclic) bond motifs is 1. The van der Waals surface area contributed by atoms with Gasteiger partial charge in [0.05, 0.1) is 13.2 Å². The Morgan fingerprint density at radius 3 is 2.81 bits per heavy atom. The lowest BCUT2D eigenvalue weighted by atomic mass is 10.0. The number of para-hydroxylation sites is 1. The van der Waals surface area contributed by atoms with Crippen LogP contribution in [0.4, 0.5) is 5.82 Å². The second-order valence-corrected chi connectivity index (χ2v) is 7.47. The summed E-state index contributed by atoms with van der Waals surface area (Å²) in [7, 11) is 3.34. The number of hydrogen-bond acceptors (Lipinski definition) is 5. The molecule has 1 aromatic heterocycles. The van der Waals surface area contributed by atoms with Gasteiger partial charge in [0.15, 0.2) is 11.5 Å². The third-order valence-corrected chi connectivity index (χ3v) is 4.70. The van der Waals surface area contributed by atoms with Gasteiger partial charge in [0.2, 0.25) is 11.8 Å². The van der Waals surface area contributed by atoms with Crippen molar-refractivity contribution in [2.75, 3.05) is 19.5 Å². The van der Waals surface area contributed by atoms with Gasteiger partial charge >= 0.3 is 0 Å². The highest BCUT2D eigenvalue weighted by atomic mass is 35.5. The van der Waals surface area contributed by atoms with Crippen molar-refractivity contribution >= 4 is 36.1 Å². The number of likely N-dealkylation sites (N-methyl/N-ethyl adjacent to an activating group) is 1. The summed E-state index contributed by atoms with van der Waals surface area (Å²) in [6.45, 7) is 4.29. The van der Waals surface area contributed by atoms with Crippen LogP contribution in [0.25, 0.3) is 6.08 Å². The van der Waals surface area contributed by atoms with Crippen molar-refractivity contribution in [1.29, 1.82) is 0 Å². The molecule has 3 rings (SSSR count). The minimum Gasteiger partial charge on any atom is -0.493 e. The van der Waals surface area contributed by atoms with Gasteiger partial charge in [-0.2, -0.15) is 0 Å². The largest absolute Gasteiger partial charge is 0.493 e. The van der Waals surface area contributed by atoms with Crippen LogP contribution in [0, 0.1) is 0 Å². The first kappa shape index (κ1) is 24.2. The van der Waals surface area contributed by atoms with Gasteiger partial charge in [-0.3, -0.25) is 9.59 Å². The van der Waals surface area contributed by atoms with Gasteiger partial charge in [-0.25, -0.2) is 4.98 Å². The van der Waals surface area contributed by atoms with Crippen molar-refractivity contribution in [3.05, 3.63) is 53.2 Å². The number of carbonyl (C=O) groups excluding carboxylic acids is 2. The summed E-state index contributed by atoms with van der Waals surface area (Å²) in [6.07, 6.45) is 5.99. The number of ether oxygens (including phenoxy) is 2. The van der Waals surface area contributed by atoms with Crippen LogP contribution in [-0.4, -0.2) is 42.0 Å². The van der Waals surface area contributed by atoms with Gasteiger partial charge in [-0.15, -0.1) is 12.4 Å². The highest BCUT2D eigenvalue weighted by Crippen LogP contribution is 2.32. The molecule has 0 fully saturated rings. The van der Waals surface area contributed by atoms with E-state index in [4.69, 9.17) is 9.47 Å². The molecule has 0 atom stereocenters. The van der Waals surface area contributed by atoms with Gasteiger partial charge in [-0.05, 0) is 49.6 Å². The Morgan fingerprint density at radius 1 is 1.32 bits per heavy atom. The maximum Gasteiger partial charge on any atom is 0.246 e. The lowest BCUT2D eigenvalue weighted by Gasteiger charge is -2.21. The first-order valence-corrected chi connectivity index (χ1v) is 9.92. The molecule has 0 aliphatic carbocycles. The molecule has 0 radical (unpaired) electrons. The van der Waals surface area contributed by atoms with Crippen LogP contribution in [0.3, 0.4) is 0 Å². The standard InChI is InChI=1S/C23H27N3O4.ClH/c1-15(2)30-22-18(6-5-7-19(22)29-4)14-26(3)21(28)11-8-16-12-17-9-10-20(27)25-23(17)24-13-16;/h5-8,11-13,15H,9-10,14H2,1-4H3,(H,24,25,27);1H/b11-8+;. The third-order valence-electron chi connectivity index (χ3n) is 4.70. The second kappa shape index (κ2) is 10.8. The summed E-state index contributed by atoms with van der Waals surface area (Å²) >= 11 is 0. The molecular weight excluding hydrogens is 418 g/mol. The molecule has 0 spiro atoms. The molecule has 2 heterocycles. The zero-order valence-electron chi connectivity index (χ0n) is 18.2. The molecule has 0 bridgehead atoms. The van der Waals surface area contributed by atoms with E-state index in [0.717, 1.165) is 16.7 Å². The molecule has 0 saturated carbocycles. The molecular formula is C23H28ClN3O4. The fraction of sp³-hybridized carbons (Fsp3) is 0.348. The molecule has 0 saturated heterocycles. The van der Waals surface area contributed by atoms with Crippen LogP contribution < -0.4 is 14.8 Å². The second-order valence-electron chi connectivity index (χ2n) is 7.47. The Kier molecular flexibility index (Phi) is 8.45. The van der Waals surface area contributed by atoms with Crippen molar-refractivity contribution in [3.63, 3.8) is 0 Å². The van der Waals surface area contributed by atoms with E-state index in [1.807, 2.05) is 38.1 Å². The van der Waals surface area contributed by atoms with E-state index in [1.165, 1.54) is 6.08 Å². The fourth-order valence-corrected chi connectivity index (χ4v) is 3.21. The van der Waals surface area contributed by atoms with Crippen LogP contribution >= 0.6 is 12.4 Å². The van der Waals surface area contributed by atoms with Gasteiger partial charge in [0.25, 0.3) is 0 Å². The number of anilines is 1. The molecule has 1 aliphatic heterocycles. The molecule has 31 heavy (non-hydrogen) atoms. The van der Waals surface area contributed by atoms with Crippen LogP contribution in [0.5, 0.6) is 11.5 Å². The predicted molar refractivity (Wildman–Crippen MR) is 123 cm³/mol. The molecule has 166 valence electrons. The summed E-state index contributed by atoms with van der Waals surface area (Å²) in [6, 6.07) is 7.60. The Bertz CT molecular complexity index is 975. The van der Waals surface area contributed by atoms with Crippen LogP contribution in [0.2, 0.25) is 0 Å². The molecule has 8 heteroatoms. The number of nitrogens with zero attached hydrogens (tertiary/aromatic N) is 2. The number of amides is 2. The third kappa shape index (κ3) is 6.21. The zero-order valence-corrected chi connectivity index (χ0v) is 19.0. The molecule has 7 nitrogen and oxygen atoms in total. The van der Waals surface area contributed by atoms with E-state index < -0.39 is 0 Å². The van der Waals surface area contributed by atoms with E-state index in [1.54, 1.807) is 31.3 Å². The fourth-order valence-electron chi connectivity index (χ4n) is 3.21. The van der Waals surface area contributed by atoms with E-state index in [2.05, 4.69) is 10.3 Å². The van der Waals surface area contributed by atoms with Crippen molar-refractivity contribution in [2.24, 2.45) is 0 Å². The maximum absolute atomic E-state index is 12.6. The quantitative estimate of drug-likeness (QED) is 0.654. The Labute approximate surface area is 188 Å². The van der Waals surface area contributed by atoms with Crippen LogP contribution in [0.1, 0.15) is 37.0 Å². The number of rotatable bonds is 7. The number of pyridine rings is 1. The molecule has 2 amide bonds. The summed E-state index contributed by atoms with van der Waals surface area (Å²) < 4.78 is 11.3. The SMILES string of the molecule is COc1cccc(CN(C)C(=O)/C=C/c2cnc3c(c2)CCC(=O)N3)c1OC(C)C.Cl. The molecule has 1 aliphatic rings. The van der Waals surface area contributed by atoms with Crippen molar-refractivity contribution < 1.29 is 19.1 Å². The van der Waals surface area contributed by atoms with Crippen molar-refractivity contribution in [2.45, 2.75) is 39.3 Å². The Balaban J connectivity index is 0.00000341. The summed E-state index contributed by atoms with van der Waals surface area (Å²) in [5.74, 6) is 1.74. The van der Waals surface area contributed by atoms with E-state index >= 15 is 0 Å². The van der Waals surface area contributed by atoms with Crippen LogP contribution in [-0.2, 0) is 22.6 Å². The molecule has 0 unspecified atom stereocenters. The number of aryl methyl sites for hydroxylation is 1. The number of nitrogens with one attached hydrogen (secondary N) is 1. The zero-order chi connectivity index (χ0) is 21.7. The lowest BCUT2D eigenvalue weighted by Crippen LogP contribution is -2.24. The highest BCUT2D eigenvalue weighted by Gasteiger charge is 2.17. The van der Waals surface area contributed by atoms with E-state index in [0.29, 0.717) is 36.7 Å². The molecule has 1 N–H and O–H groups in total. The maximum atomic E-state index is 12.6. The first-order valence-electron chi connectivity index (χ1n) is 9.92. The van der Waals surface area contributed by atoms with Crippen LogP contribution in [0.15, 0.2) is 36.5 Å². The predicted octanol–water partition coefficient (Wildman–Crippen LogP) is 3.86. The van der Waals surface area contributed by atoms with E-state index in [9.17, 15) is 9.59 Å². The number of hydrogen-bond donors (Lipinski definition) is 1. The number of methoxy groups -OCH3 is 1. The highest BCUT2D eigenvalue weighted by molar-refractivity contribution is 5.93. The van der Waals surface area contributed by atoms with Gasteiger partial charge in [-0.1, -0.05) is 12.1 Å². The smallest absolute Gasteiger partial charge is 0.246 e. The monoisotopic (exact) mass is 445 g/mol. The van der Waals surface area contributed by atoms with Crippen molar-refractivity contribution in [1.82, 2.24) is 9.88 Å². The topological polar surface area (TPSA) is 80.8 Å². The van der Waals surface area contributed by atoms with Gasteiger partial charge < -0.3 is 19.7 Å². The number of benzene rings is 1. The number of halogens is 1. The minimum atomic E-state index is -0.139. The first-order chi connectivity index (χ1) is 14.4. The van der Waals surface area contributed by atoms with Gasteiger partial charge in [0.1, 0.15) is 5.82 Å². The Morgan fingerprint density at radius 2 is 2.10 bits per heavy atom. The van der Waals surface area contributed by atoms with Gasteiger partial charge in [0, 0.05) is 37.8 Å². The minimum absolute atomic E-state index is 0. The number of aromatic nitrogens is 1. The van der Waals surface area contributed by atoms with Crippen molar-refractivity contribution in [3.8, 4) is 11.5 Å². The normalized spacial score (nSPS) is 12.7. The average Bonchev–Trinajstić information content (AvgIpc) is 2.72. The summed E-state index contributed by atoms with van der Waals surface area (Å²) in [5.41, 5.74) is 2.67. The van der Waals surface area contributed by atoms with E-state index in [-0.39, 0.29) is 30.3 Å².